The fraction of sp³-hybridized carbons (Fsp3) is 0.154. The van der Waals surface area contributed by atoms with Crippen LogP contribution in [0.1, 0.15) is 12.7 Å². The number of halogens is 1. The van der Waals surface area contributed by atoms with E-state index in [2.05, 4.69) is 15.2 Å². The molecule has 0 bridgehead atoms. The summed E-state index contributed by atoms with van der Waals surface area (Å²) in [6, 6.07) is 7.59. The molecule has 2 aromatic heterocycles. The number of rotatable bonds is 2. The van der Waals surface area contributed by atoms with Crippen LogP contribution in [0.5, 0.6) is 0 Å². The Balaban J connectivity index is 2.41. The molecule has 6 heteroatoms. The van der Waals surface area contributed by atoms with Crippen molar-refractivity contribution in [2.45, 2.75) is 13.3 Å². The Morgan fingerprint density at radius 1 is 1.37 bits per heavy atom. The zero-order valence-corrected chi connectivity index (χ0v) is 11.8. The van der Waals surface area contributed by atoms with E-state index in [1.165, 1.54) is 0 Å². The summed E-state index contributed by atoms with van der Waals surface area (Å²) in [7, 11) is 0. The summed E-state index contributed by atoms with van der Waals surface area (Å²) in [4.78, 5) is 4.42. The second-order valence-electron chi connectivity index (χ2n) is 4.10. The van der Waals surface area contributed by atoms with Crippen LogP contribution in [-0.4, -0.2) is 19.7 Å². The number of hydrogen-bond acceptors (Lipinski definition) is 3. The van der Waals surface area contributed by atoms with E-state index in [0.717, 1.165) is 28.8 Å². The van der Waals surface area contributed by atoms with Crippen LogP contribution in [0.3, 0.4) is 0 Å². The van der Waals surface area contributed by atoms with E-state index >= 15 is 0 Å². The molecular weight excluding hydrogens is 280 g/mol. The lowest BCUT2D eigenvalue weighted by molar-refractivity contribution is 0.882. The third kappa shape index (κ3) is 1.95. The highest BCUT2D eigenvalue weighted by atomic mass is 35.5. The van der Waals surface area contributed by atoms with Gasteiger partial charge in [0.1, 0.15) is 5.82 Å². The minimum Gasteiger partial charge on any atom is -0.270 e. The van der Waals surface area contributed by atoms with Crippen molar-refractivity contribution in [1.82, 2.24) is 19.7 Å². The fourth-order valence-corrected chi connectivity index (χ4v) is 2.58. The van der Waals surface area contributed by atoms with Crippen molar-refractivity contribution in [3.05, 3.63) is 46.1 Å². The Kier molecular flexibility index (Phi) is 3.08. The topological polar surface area (TPSA) is 46.5 Å². The third-order valence-electron chi connectivity index (χ3n) is 2.99. The van der Waals surface area contributed by atoms with Crippen molar-refractivity contribution in [1.29, 1.82) is 0 Å². The van der Waals surface area contributed by atoms with Gasteiger partial charge in [0, 0.05) is 18.0 Å². The molecule has 0 radical (unpaired) electrons. The number of nitrogens with one attached hydrogen (secondary N) is 1. The molecule has 1 aromatic carbocycles. The summed E-state index contributed by atoms with van der Waals surface area (Å²) < 4.78 is 2.46. The van der Waals surface area contributed by atoms with E-state index in [1.807, 2.05) is 35.8 Å². The summed E-state index contributed by atoms with van der Waals surface area (Å²) >= 11 is 11.5. The number of aryl methyl sites for hydroxylation is 1. The number of aromatic amines is 1. The normalized spacial score (nSPS) is 11.1. The minimum absolute atomic E-state index is 0.561. The van der Waals surface area contributed by atoms with Crippen LogP contribution in [0.15, 0.2) is 30.5 Å². The molecule has 0 fully saturated rings. The van der Waals surface area contributed by atoms with Gasteiger partial charge in [0.15, 0.2) is 4.77 Å². The monoisotopic (exact) mass is 290 g/mol. The number of hydrogen-bond donors (Lipinski definition) is 1. The van der Waals surface area contributed by atoms with Crippen molar-refractivity contribution < 1.29 is 0 Å². The fourth-order valence-electron chi connectivity index (χ4n) is 2.12. The molecule has 2 heterocycles. The van der Waals surface area contributed by atoms with Crippen molar-refractivity contribution >= 4 is 34.7 Å². The number of pyridine rings is 1. The van der Waals surface area contributed by atoms with Gasteiger partial charge in [-0.15, -0.1) is 0 Å². The van der Waals surface area contributed by atoms with E-state index in [0.29, 0.717) is 9.79 Å². The number of aromatic nitrogens is 4. The molecule has 0 amide bonds. The summed E-state index contributed by atoms with van der Waals surface area (Å²) in [5.41, 5.74) is 1.72. The summed E-state index contributed by atoms with van der Waals surface area (Å²) in [5, 5.41) is 8.64. The minimum atomic E-state index is 0.561. The van der Waals surface area contributed by atoms with Crippen LogP contribution < -0.4 is 0 Å². The predicted molar refractivity (Wildman–Crippen MR) is 78.4 cm³/mol. The van der Waals surface area contributed by atoms with Gasteiger partial charge < -0.3 is 0 Å². The first-order valence-corrected chi connectivity index (χ1v) is 6.71. The smallest absolute Gasteiger partial charge is 0.199 e. The first kappa shape index (κ1) is 12.3. The molecule has 19 heavy (non-hydrogen) atoms. The van der Waals surface area contributed by atoms with Crippen LogP contribution >= 0.6 is 23.8 Å². The Morgan fingerprint density at radius 2 is 2.21 bits per heavy atom. The van der Waals surface area contributed by atoms with Crippen molar-refractivity contribution in [3.63, 3.8) is 0 Å². The van der Waals surface area contributed by atoms with Gasteiger partial charge >= 0.3 is 0 Å². The lowest BCUT2D eigenvalue weighted by atomic mass is 10.2. The standard InChI is InChI=1S/C13H11ClN4S/c1-2-11-16-17-13(19)18(11)10-6-5-9(14)8-4-3-7-15-12(8)10/h3-7H,2H2,1H3,(H,17,19). The SMILES string of the molecule is CCc1n[nH]c(=S)n1-c1ccc(Cl)c2cccnc12. The maximum Gasteiger partial charge on any atom is 0.199 e. The van der Waals surface area contributed by atoms with Gasteiger partial charge in [-0.25, -0.2) is 0 Å². The molecule has 1 N–H and O–H groups in total. The maximum atomic E-state index is 6.21. The van der Waals surface area contributed by atoms with Gasteiger partial charge in [-0.05, 0) is 36.5 Å². The maximum absolute atomic E-state index is 6.21. The Bertz CT molecular complexity index is 806. The van der Waals surface area contributed by atoms with E-state index < -0.39 is 0 Å². The van der Waals surface area contributed by atoms with Crippen molar-refractivity contribution in [3.8, 4) is 5.69 Å². The molecule has 0 spiro atoms. The average molecular weight is 291 g/mol. The first-order valence-electron chi connectivity index (χ1n) is 5.92. The first-order chi connectivity index (χ1) is 9.22. The molecule has 4 nitrogen and oxygen atoms in total. The molecule has 0 aliphatic rings. The lowest BCUT2D eigenvalue weighted by Crippen LogP contribution is -2.02. The largest absolute Gasteiger partial charge is 0.270 e. The molecule has 0 saturated carbocycles. The van der Waals surface area contributed by atoms with E-state index in [4.69, 9.17) is 23.8 Å². The van der Waals surface area contributed by atoms with Gasteiger partial charge in [0.25, 0.3) is 0 Å². The Labute approximate surface area is 120 Å². The van der Waals surface area contributed by atoms with Gasteiger partial charge in [-0.2, -0.15) is 5.10 Å². The number of nitrogens with zero attached hydrogens (tertiary/aromatic N) is 3. The van der Waals surface area contributed by atoms with Gasteiger partial charge in [-0.1, -0.05) is 18.5 Å². The van der Waals surface area contributed by atoms with Crippen LogP contribution in [0.4, 0.5) is 0 Å². The van der Waals surface area contributed by atoms with E-state index in [-0.39, 0.29) is 0 Å². The molecule has 3 aromatic rings. The highest BCUT2D eigenvalue weighted by Crippen LogP contribution is 2.27. The average Bonchev–Trinajstić information content (AvgIpc) is 2.81. The van der Waals surface area contributed by atoms with Gasteiger partial charge in [-0.3, -0.25) is 14.6 Å². The Hall–Kier alpha value is -1.72. The lowest BCUT2D eigenvalue weighted by Gasteiger charge is -2.09. The van der Waals surface area contributed by atoms with Crippen molar-refractivity contribution in [2.75, 3.05) is 0 Å². The molecule has 0 atom stereocenters. The second kappa shape index (κ2) is 4.75. The molecule has 0 aliphatic carbocycles. The molecule has 0 aliphatic heterocycles. The zero-order valence-electron chi connectivity index (χ0n) is 10.2. The summed E-state index contributed by atoms with van der Waals surface area (Å²) in [6.45, 7) is 2.03. The third-order valence-corrected chi connectivity index (χ3v) is 3.60. The van der Waals surface area contributed by atoms with Crippen LogP contribution in [0.25, 0.3) is 16.6 Å². The van der Waals surface area contributed by atoms with Crippen LogP contribution in [0.2, 0.25) is 5.02 Å². The molecule has 96 valence electrons. The number of H-pyrrole nitrogens is 1. The second-order valence-corrected chi connectivity index (χ2v) is 4.89. The quantitative estimate of drug-likeness (QED) is 0.732. The molecule has 0 unspecified atom stereocenters. The van der Waals surface area contributed by atoms with Gasteiger partial charge in [0.2, 0.25) is 0 Å². The zero-order chi connectivity index (χ0) is 13.4. The van der Waals surface area contributed by atoms with Crippen molar-refractivity contribution in [2.24, 2.45) is 0 Å². The van der Waals surface area contributed by atoms with E-state index in [1.54, 1.807) is 6.20 Å². The van der Waals surface area contributed by atoms with E-state index in [9.17, 15) is 0 Å². The Morgan fingerprint density at radius 3 is 3.00 bits per heavy atom. The summed E-state index contributed by atoms with van der Waals surface area (Å²) in [5.74, 6) is 0.874. The predicted octanol–water partition coefficient (Wildman–Crippen LogP) is 3.69. The number of fused-ring (bicyclic) bond motifs is 1. The number of benzene rings is 1. The molecular formula is C13H11ClN4S. The highest BCUT2D eigenvalue weighted by molar-refractivity contribution is 7.71. The molecule has 0 saturated heterocycles. The summed E-state index contributed by atoms with van der Waals surface area (Å²) in [6.07, 6.45) is 2.53. The van der Waals surface area contributed by atoms with Gasteiger partial charge in [0.05, 0.1) is 16.2 Å². The highest BCUT2D eigenvalue weighted by Gasteiger charge is 2.12. The molecule has 3 rings (SSSR count). The van der Waals surface area contributed by atoms with Crippen LogP contribution in [0, 0.1) is 4.77 Å². The van der Waals surface area contributed by atoms with Crippen LogP contribution in [-0.2, 0) is 6.42 Å².